The minimum Gasteiger partial charge on any atom is -0.352 e. The maximum atomic E-state index is 13.6. The summed E-state index contributed by atoms with van der Waals surface area (Å²) >= 11 is 0. The topological polar surface area (TPSA) is 72.7 Å². The molecule has 0 aliphatic heterocycles. The van der Waals surface area contributed by atoms with Gasteiger partial charge in [-0.05, 0) is 57.9 Å². The third-order valence-electron chi connectivity index (χ3n) is 4.66. The molecule has 6 nitrogen and oxygen atoms in total. The molecule has 0 aliphatic rings. The van der Waals surface area contributed by atoms with Crippen LogP contribution in [0.5, 0.6) is 0 Å². The molecule has 3 aromatic rings. The van der Waals surface area contributed by atoms with Crippen LogP contribution < -0.4 is 5.32 Å². The summed E-state index contributed by atoms with van der Waals surface area (Å²) in [6.45, 7) is 9.57. The lowest BCUT2D eigenvalue weighted by molar-refractivity contribution is -0.120. The van der Waals surface area contributed by atoms with E-state index in [9.17, 15) is 9.18 Å². The summed E-state index contributed by atoms with van der Waals surface area (Å²) in [7, 11) is 0. The van der Waals surface area contributed by atoms with Crippen LogP contribution in [0.2, 0.25) is 0 Å². The van der Waals surface area contributed by atoms with Gasteiger partial charge in [-0.1, -0.05) is 12.1 Å². The van der Waals surface area contributed by atoms with Gasteiger partial charge in [-0.15, -0.1) is 0 Å². The van der Waals surface area contributed by atoms with Crippen molar-refractivity contribution in [3.63, 3.8) is 0 Å². The number of carbonyl (C=O) groups excluding carboxylic acids is 1. The third-order valence-corrected chi connectivity index (χ3v) is 4.66. The highest BCUT2D eigenvalue weighted by Crippen LogP contribution is 2.17. The van der Waals surface area contributed by atoms with E-state index in [0.29, 0.717) is 11.5 Å². The number of halogens is 1. The van der Waals surface area contributed by atoms with E-state index in [1.807, 2.05) is 39.8 Å². The van der Waals surface area contributed by atoms with E-state index in [0.717, 1.165) is 33.9 Å². The Bertz CT molecular complexity index is 1020. The summed E-state index contributed by atoms with van der Waals surface area (Å²) < 4.78 is 15.3. The molecular weight excluding hydrogens is 357 g/mol. The molecule has 0 unspecified atom stereocenters. The van der Waals surface area contributed by atoms with Crippen molar-refractivity contribution >= 4 is 5.91 Å². The van der Waals surface area contributed by atoms with E-state index in [1.165, 1.54) is 6.07 Å². The second kappa shape index (κ2) is 7.88. The molecule has 1 N–H and O–H groups in total. The normalized spacial score (nSPS) is 10.9. The number of carbonyl (C=O) groups is 1. The zero-order chi connectivity index (χ0) is 20.4. The van der Waals surface area contributed by atoms with Crippen molar-refractivity contribution in [3.8, 4) is 5.95 Å². The highest BCUT2D eigenvalue weighted by Gasteiger charge is 2.17. The zero-order valence-electron chi connectivity index (χ0n) is 16.8. The molecule has 0 bridgehead atoms. The number of amides is 1. The van der Waals surface area contributed by atoms with Gasteiger partial charge in [0, 0.05) is 29.2 Å². The minimum atomic E-state index is -0.270. The summed E-state index contributed by atoms with van der Waals surface area (Å²) in [5.74, 6) is 0.0844. The van der Waals surface area contributed by atoms with Crippen molar-refractivity contribution in [1.29, 1.82) is 0 Å². The fourth-order valence-corrected chi connectivity index (χ4v) is 3.10. The van der Waals surface area contributed by atoms with Crippen LogP contribution in [0.3, 0.4) is 0 Å². The number of benzene rings is 1. The van der Waals surface area contributed by atoms with Gasteiger partial charge in [-0.3, -0.25) is 4.79 Å². The van der Waals surface area contributed by atoms with Crippen LogP contribution in [0, 0.1) is 40.4 Å². The van der Waals surface area contributed by atoms with E-state index in [1.54, 1.807) is 17.7 Å². The second-order valence-electron chi connectivity index (χ2n) is 7.05. The van der Waals surface area contributed by atoms with Crippen LogP contribution in [-0.2, 0) is 17.8 Å². The van der Waals surface area contributed by atoms with Crippen LogP contribution in [0.1, 0.15) is 39.5 Å². The number of aryl methyl sites for hydroxylation is 4. The molecule has 1 aromatic carbocycles. The van der Waals surface area contributed by atoms with E-state index in [2.05, 4.69) is 20.4 Å². The van der Waals surface area contributed by atoms with Crippen LogP contribution in [0.25, 0.3) is 5.95 Å². The molecule has 0 fully saturated rings. The Labute approximate surface area is 163 Å². The lowest BCUT2D eigenvalue weighted by Crippen LogP contribution is -2.25. The van der Waals surface area contributed by atoms with Crippen molar-refractivity contribution in [1.82, 2.24) is 25.1 Å². The SMILES string of the molecule is Cc1cc(C)nc(-n2nc(C)c(CC(=O)NCc3ccc(C)c(F)c3)c2C)n1. The highest BCUT2D eigenvalue weighted by molar-refractivity contribution is 5.79. The molecule has 146 valence electrons. The molecule has 0 spiro atoms. The van der Waals surface area contributed by atoms with E-state index >= 15 is 0 Å². The smallest absolute Gasteiger partial charge is 0.251 e. The Morgan fingerprint density at radius 3 is 2.39 bits per heavy atom. The Hall–Kier alpha value is -3.09. The van der Waals surface area contributed by atoms with Crippen molar-refractivity contribution < 1.29 is 9.18 Å². The first-order chi connectivity index (χ1) is 13.2. The largest absolute Gasteiger partial charge is 0.352 e. The van der Waals surface area contributed by atoms with Gasteiger partial charge >= 0.3 is 0 Å². The Morgan fingerprint density at radius 1 is 1.07 bits per heavy atom. The van der Waals surface area contributed by atoms with Crippen LogP contribution in [0.4, 0.5) is 4.39 Å². The summed E-state index contributed by atoms with van der Waals surface area (Å²) in [5.41, 5.74) is 5.47. The van der Waals surface area contributed by atoms with E-state index in [-0.39, 0.29) is 24.7 Å². The standard InChI is InChI=1S/C21H24FN5O/c1-12-6-7-17(9-19(12)22)11-23-20(28)10-18-15(4)26-27(16(18)5)21-24-13(2)8-14(3)25-21/h6-9H,10-11H2,1-5H3,(H,23,28). The van der Waals surface area contributed by atoms with Crippen LogP contribution >= 0.6 is 0 Å². The van der Waals surface area contributed by atoms with Crippen LogP contribution in [0.15, 0.2) is 24.3 Å². The van der Waals surface area contributed by atoms with Gasteiger partial charge in [0.05, 0.1) is 12.1 Å². The lowest BCUT2D eigenvalue weighted by atomic mass is 10.1. The fourth-order valence-electron chi connectivity index (χ4n) is 3.10. The van der Waals surface area contributed by atoms with Gasteiger partial charge < -0.3 is 5.32 Å². The molecule has 2 heterocycles. The minimum absolute atomic E-state index is 0.145. The molecule has 0 radical (unpaired) electrons. The zero-order valence-corrected chi connectivity index (χ0v) is 16.8. The Kier molecular flexibility index (Phi) is 5.53. The fraction of sp³-hybridized carbons (Fsp3) is 0.333. The number of nitrogens with zero attached hydrogens (tertiary/aromatic N) is 4. The summed E-state index contributed by atoms with van der Waals surface area (Å²) in [6, 6.07) is 6.86. The molecule has 0 saturated heterocycles. The van der Waals surface area contributed by atoms with Gasteiger partial charge in [-0.2, -0.15) is 5.10 Å². The Balaban J connectivity index is 1.74. The van der Waals surface area contributed by atoms with Gasteiger partial charge in [0.25, 0.3) is 5.95 Å². The van der Waals surface area contributed by atoms with Gasteiger partial charge in [0.2, 0.25) is 5.91 Å². The Morgan fingerprint density at radius 2 is 1.75 bits per heavy atom. The molecule has 2 aromatic heterocycles. The van der Waals surface area contributed by atoms with Crippen molar-refractivity contribution in [2.75, 3.05) is 0 Å². The second-order valence-corrected chi connectivity index (χ2v) is 7.05. The number of nitrogens with one attached hydrogen (secondary N) is 1. The lowest BCUT2D eigenvalue weighted by Gasteiger charge is -2.08. The third kappa shape index (κ3) is 4.24. The maximum Gasteiger partial charge on any atom is 0.251 e. The first-order valence-electron chi connectivity index (χ1n) is 9.14. The number of aromatic nitrogens is 4. The number of hydrogen-bond donors (Lipinski definition) is 1. The first kappa shape index (κ1) is 19.7. The predicted molar refractivity (Wildman–Crippen MR) is 105 cm³/mol. The first-order valence-corrected chi connectivity index (χ1v) is 9.14. The average Bonchev–Trinajstić information content (AvgIpc) is 2.90. The molecule has 1 amide bonds. The number of hydrogen-bond acceptors (Lipinski definition) is 4. The quantitative estimate of drug-likeness (QED) is 0.737. The molecule has 3 rings (SSSR count). The molecule has 0 aliphatic carbocycles. The maximum absolute atomic E-state index is 13.6. The summed E-state index contributed by atoms with van der Waals surface area (Å²) in [4.78, 5) is 21.3. The summed E-state index contributed by atoms with van der Waals surface area (Å²) in [6.07, 6.45) is 0.191. The van der Waals surface area contributed by atoms with E-state index < -0.39 is 0 Å². The summed E-state index contributed by atoms with van der Waals surface area (Å²) in [5, 5.41) is 7.36. The monoisotopic (exact) mass is 381 g/mol. The van der Waals surface area contributed by atoms with Crippen LogP contribution in [-0.4, -0.2) is 25.7 Å². The van der Waals surface area contributed by atoms with Gasteiger partial charge in [-0.25, -0.2) is 19.0 Å². The van der Waals surface area contributed by atoms with Crippen molar-refractivity contribution in [2.24, 2.45) is 0 Å². The highest BCUT2D eigenvalue weighted by atomic mass is 19.1. The average molecular weight is 381 g/mol. The molecule has 0 saturated carbocycles. The molecule has 28 heavy (non-hydrogen) atoms. The molecule has 0 atom stereocenters. The van der Waals surface area contributed by atoms with Gasteiger partial charge in [0.15, 0.2) is 0 Å². The van der Waals surface area contributed by atoms with Crippen molar-refractivity contribution in [3.05, 3.63) is 69.5 Å². The van der Waals surface area contributed by atoms with E-state index in [4.69, 9.17) is 0 Å². The molecule has 7 heteroatoms. The predicted octanol–water partition coefficient (Wildman–Crippen LogP) is 3.20. The van der Waals surface area contributed by atoms with Gasteiger partial charge in [0.1, 0.15) is 5.82 Å². The molecular formula is C21H24FN5O. The number of rotatable bonds is 5. The van der Waals surface area contributed by atoms with Crippen molar-refractivity contribution in [2.45, 2.75) is 47.6 Å².